The fourth-order valence-electron chi connectivity index (χ4n) is 4.98. The summed E-state index contributed by atoms with van der Waals surface area (Å²) in [6.07, 6.45) is -7.42. The first kappa shape index (κ1) is 28.4. The molecule has 0 radical (unpaired) electrons. The van der Waals surface area contributed by atoms with Crippen molar-refractivity contribution in [2.24, 2.45) is 22.6 Å². The molecule has 2 aliphatic heterocycles. The quantitative estimate of drug-likeness (QED) is 0.475. The first-order valence-corrected chi connectivity index (χ1v) is 13.0. The van der Waals surface area contributed by atoms with Gasteiger partial charge in [-0.05, 0) is 31.0 Å². The van der Waals surface area contributed by atoms with Crippen LogP contribution in [0.2, 0.25) is 5.02 Å². The number of nitrogens with two attached hydrogens (primary N) is 1. The molecule has 4 rings (SSSR count). The molecule has 2 heterocycles. The van der Waals surface area contributed by atoms with Crippen LogP contribution in [0, 0.1) is 11.8 Å². The van der Waals surface area contributed by atoms with Crippen LogP contribution in [0.1, 0.15) is 43.7 Å². The van der Waals surface area contributed by atoms with Gasteiger partial charge >= 0.3 is 6.18 Å². The van der Waals surface area contributed by atoms with Crippen LogP contribution in [0.4, 0.5) is 18.9 Å². The van der Waals surface area contributed by atoms with Gasteiger partial charge in [-0.3, -0.25) is 14.4 Å². The van der Waals surface area contributed by atoms with Gasteiger partial charge in [0.1, 0.15) is 12.4 Å². The fourth-order valence-corrected chi connectivity index (χ4v) is 5.17. The normalized spacial score (nSPS) is 18.3. The number of hydrogen-bond donors (Lipinski definition) is 2. The zero-order chi connectivity index (χ0) is 28.3. The van der Waals surface area contributed by atoms with Crippen molar-refractivity contribution in [1.29, 1.82) is 0 Å². The Bertz CT molecular complexity index is 1300. The van der Waals surface area contributed by atoms with E-state index in [1.165, 1.54) is 4.90 Å². The summed E-state index contributed by atoms with van der Waals surface area (Å²) in [7, 11) is 0. The molecule has 0 saturated carbocycles. The molecule has 0 unspecified atom stereocenters. The number of ether oxygens (including phenoxy) is 1. The molecule has 0 fully saturated rings. The van der Waals surface area contributed by atoms with E-state index in [0.717, 1.165) is 0 Å². The zero-order valence-electron chi connectivity index (χ0n) is 21.1. The second kappa shape index (κ2) is 11.6. The van der Waals surface area contributed by atoms with E-state index >= 15 is 0 Å². The largest absolute Gasteiger partial charge is 0.490 e. The number of halogens is 4. The Labute approximate surface area is 228 Å². The summed E-state index contributed by atoms with van der Waals surface area (Å²) >= 11 is 6.22. The molecule has 2 aromatic carbocycles. The molecule has 12 heteroatoms. The maximum Gasteiger partial charge on any atom is 0.389 e. The first-order chi connectivity index (χ1) is 18.5. The molecule has 2 aliphatic rings. The Morgan fingerprint density at radius 1 is 1.21 bits per heavy atom. The summed E-state index contributed by atoms with van der Waals surface area (Å²) in [6, 6.07) is 12.0. The summed E-state index contributed by atoms with van der Waals surface area (Å²) in [6.45, 7) is 2.10. The Morgan fingerprint density at radius 3 is 2.62 bits per heavy atom. The first-order valence-electron chi connectivity index (χ1n) is 12.6. The molecule has 2 aromatic rings. The fraction of sp³-hybridized carbons (Fsp3) is 0.407. The van der Waals surface area contributed by atoms with Gasteiger partial charge in [0.2, 0.25) is 18.0 Å². The third-order valence-corrected chi connectivity index (χ3v) is 6.99. The topological polar surface area (TPSA) is 114 Å². The lowest BCUT2D eigenvalue weighted by atomic mass is 9.83. The second-order valence-electron chi connectivity index (χ2n) is 9.45. The van der Waals surface area contributed by atoms with Gasteiger partial charge in [0.05, 0.1) is 17.9 Å². The van der Waals surface area contributed by atoms with Crippen molar-refractivity contribution in [2.75, 3.05) is 18.1 Å². The van der Waals surface area contributed by atoms with Crippen molar-refractivity contribution in [2.45, 2.75) is 44.9 Å². The summed E-state index contributed by atoms with van der Waals surface area (Å²) in [5, 5.41) is 2.95. The molecule has 3 N–H and O–H groups in total. The Kier molecular flexibility index (Phi) is 8.48. The maximum absolute atomic E-state index is 13.7. The molecule has 0 aromatic heterocycles. The third kappa shape index (κ3) is 6.35. The van der Waals surface area contributed by atoms with Crippen molar-refractivity contribution in [3.05, 3.63) is 58.6 Å². The van der Waals surface area contributed by atoms with Crippen LogP contribution >= 0.6 is 11.6 Å². The van der Waals surface area contributed by atoms with E-state index < -0.39 is 54.7 Å². The highest BCUT2D eigenvalue weighted by atomic mass is 35.5. The number of anilines is 1. The monoisotopic (exact) mass is 564 g/mol. The summed E-state index contributed by atoms with van der Waals surface area (Å²) in [5.74, 6) is -4.44. The van der Waals surface area contributed by atoms with Crippen LogP contribution in [-0.2, 0) is 14.4 Å². The van der Waals surface area contributed by atoms with Crippen LogP contribution in [0.3, 0.4) is 0 Å². The summed E-state index contributed by atoms with van der Waals surface area (Å²) in [4.78, 5) is 45.4. The standard InChI is InChI=1S/C27H28ClF3N4O4/c1-2-5-17(23(32)36)18(10-11-27(29,30)31)25(37)34-24-26(38)35-12-13-39-20-9-4-8-19(22(20)35)21(33-24)15-6-3-7-16(28)14-15/h3-4,6-9,14,17-18,24H,2,5,10-13H2,1H3,(H2,32,36)(H,34,37)/t17-,18+,24+/m0/s1. The van der Waals surface area contributed by atoms with Crippen molar-refractivity contribution in [1.82, 2.24) is 5.32 Å². The number of para-hydroxylation sites is 1. The number of nitrogens with zero attached hydrogens (tertiary/aromatic N) is 2. The van der Waals surface area contributed by atoms with Gasteiger partial charge in [0.15, 0.2) is 0 Å². The number of benzene rings is 2. The number of aliphatic imine (C=N–C) groups is 1. The molecular formula is C27H28ClF3N4O4. The van der Waals surface area contributed by atoms with Crippen LogP contribution in [0.25, 0.3) is 0 Å². The van der Waals surface area contributed by atoms with E-state index in [-0.39, 0.29) is 19.6 Å². The molecule has 8 nitrogen and oxygen atoms in total. The SMILES string of the molecule is CCC[C@H](C(N)=O)[C@@H](CCC(F)(F)F)C(=O)N[C@H]1N=C(c2cccc(Cl)c2)c2cccc3c2N(CCO3)C1=O. The van der Waals surface area contributed by atoms with Crippen molar-refractivity contribution >= 4 is 40.7 Å². The third-order valence-electron chi connectivity index (χ3n) is 6.76. The van der Waals surface area contributed by atoms with Crippen molar-refractivity contribution in [3.63, 3.8) is 0 Å². The zero-order valence-corrected chi connectivity index (χ0v) is 21.9. The Morgan fingerprint density at radius 2 is 1.95 bits per heavy atom. The van der Waals surface area contributed by atoms with Gasteiger partial charge in [0.25, 0.3) is 5.91 Å². The summed E-state index contributed by atoms with van der Waals surface area (Å²) in [5.41, 5.74) is 7.43. The number of carbonyl (C=O) groups is 3. The highest BCUT2D eigenvalue weighted by Gasteiger charge is 2.40. The van der Waals surface area contributed by atoms with E-state index in [0.29, 0.717) is 39.7 Å². The van der Waals surface area contributed by atoms with Crippen LogP contribution in [0.5, 0.6) is 5.75 Å². The number of nitrogens with one attached hydrogen (secondary N) is 1. The van der Waals surface area contributed by atoms with Crippen LogP contribution in [-0.4, -0.2) is 48.9 Å². The molecule has 0 saturated heterocycles. The predicted octanol–water partition coefficient (Wildman–Crippen LogP) is 4.22. The van der Waals surface area contributed by atoms with Crippen LogP contribution in [0.15, 0.2) is 47.5 Å². The van der Waals surface area contributed by atoms with E-state index in [2.05, 4.69) is 10.3 Å². The lowest BCUT2D eigenvalue weighted by Crippen LogP contribution is -2.52. The predicted molar refractivity (Wildman–Crippen MR) is 140 cm³/mol. The van der Waals surface area contributed by atoms with Crippen LogP contribution < -0.4 is 20.7 Å². The van der Waals surface area contributed by atoms with Gasteiger partial charge in [-0.25, -0.2) is 4.99 Å². The van der Waals surface area contributed by atoms with E-state index in [4.69, 9.17) is 22.1 Å². The minimum absolute atomic E-state index is 0.124. The van der Waals surface area contributed by atoms with Gasteiger partial charge in [-0.1, -0.05) is 49.2 Å². The molecule has 208 valence electrons. The molecule has 3 atom stereocenters. The molecule has 39 heavy (non-hydrogen) atoms. The average molecular weight is 565 g/mol. The van der Waals surface area contributed by atoms with E-state index in [1.807, 2.05) is 0 Å². The lowest BCUT2D eigenvalue weighted by Gasteiger charge is -2.31. The van der Waals surface area contributed by atoms with E-state index in [9.17, 15) is 27.6 Å². The number of carbonyl (C=O) groups excluding carboxylic acids is 3. The number of alkyl halides is 3. The number of primary amides is 1. The highest BCUT2D eigenvalue weighted by Crippen LogP contribution is 2.39. The molecular weight excluding hydrogens is 537 g/mol. The minimum atomic E-state index is -4.55. The maximum atomic E-state index is 13.7. The number of hydrogen-bond acceptors (Lipinski definition) is 5. The molecule has 3 amide bonds. The Hall–Kier alpha value is -3.60. The minimum Gasteiger partial charge on any atom is -0.490 e. The summed E-state index contributed by atoms with van der Waals surface area (Å²) < 4.78 is 45.1. The van der Waals surface area contributed by atoms with Crippen molar-refractivity contribution in [3.8, 4) is 5.75 Å². The van der Waals surface area contributed by atoms with Crippen molar-refractivity contribution < 1.29 is 32.3 Å². The van der Waals surface area contributed by atoms with Gasteiger partial charge in [0, 0.05) is 34.4 Å². The van der Waals surface area contributed by atoms with E-state index in [1.54, 1.807) is 49.4 Å². The van der Waals surface area contributed by atoms with Gasteiger partial charge < -0.3 is 20.7 Å². The molecule has 0 bridgehead atoms. The van der Waals surface area contributed by atoms with Gasteiger partial charge in [-0.2, -0.15) is 13.2 Å². The Balaban J connectivity index is 1.76. The number of rotatable bonds is 9. The highest BCUT2D eigenvalue weighted by molar-refractivity contribution is 6.31. The lowest BCUT2D eigenvalue weighted by molar-refractivity contribution is -0.146. The smallest absolute Gasteiger partial charge is 0.389 e. The van der Waals surface area contributed by atoms with Gasteiger partial charge in [-0.15, -0.1) is 0 Å². The average Bonchev–Trinajstić information content (AvgIpc) is 2.99. The molecule has 0 aliphatic carbocycles. The molecule has 0 spiro atoms. The number of amides is 3. The second-order valence-corrected chi connectivity index (χ2v) is 9.88.